The molecule has 1 fully saturated rings. The molecule has 0 aromatic carbocycles. The van der Waals surface area contributed by atoms with Crippen LogP contribution < -0.4 is 0 Å². The van der Waals surface area contributed by atoms with E-state index in [1.807, 2.05) is 0 Å². The summed E-state index contributed by atoms with van der Waals surface area (Å²) in [6.07, 6.45) is -1.06. The van der Waals surface area contributed by atoms with Gasteiger partial charge in [0.25, 0.3) is 0 Å². The number of hydrogen-bond donors (Lipinski definition) is 2. The standard InChI is InChI=1S/C8H12ClNO4/c9-5-3-7(12)10(4-5)2-1-6(11)8(13)14/h5-6,11H,1-4H2,(H,13,14)/t5?,6-/m0/s1. The third kappa shape index (κ3) is 2.85. The highest BCUT2D eigenvalue weighted by molar-refractivity contribution is 6.22. The normalized spacial score (nSPS) is 24.0. The van der Waals surface area contributed by atoms with Crippen LogP contribution in [-0.2, 0) is 9.59 Å². The molecule has 2 atom stereocenters. The highest BCUT2D eigenvalue weighted by atomic mass is 35.5. The molecule has 1 amide bonds. The van der Waals surface area contributed by atoms with Crippen molar-refractivity contribution in [2.24, 2.45) is 0 Å². The highest BCUT2D eigenvalue weighted by Gasteiger charge is 2.28. The third-order valence-electron chi connectivity index (χ3n) is 2.12. The van der Waals surface area contributed by atoms with Crippen molar-refractivity contribution in [1.29, 1.82) is 0 Å². The van der Waals surface area contributed by atoms with Crippen LogP contribution in [0.1, 0.15) is 12.8 Å². The molecule has 2 N–H and O–H groups in total. The number of nitrogens with zero attached hydrogens (tertiary/aromatic N) is 1. The molecule has 0 saturated carbocycles. The van der Waals surface area contributed by atoms with Crippen molar-refractivity contribution in [1.82, 2.24) is 4.90 Å². The molecule has 1 heterocycles. The van der Waals surface area contributed by atoms with E-state index in [9.17, 15) is 9.59 Å². The van der Waals surface area contributed by atoms with Crippen LogP contribution in [0.5, 0.6) is 0 Å². The van der Waals surface area contributed by atoms with Gasteiger partial charge in [-0.25, -0.2) is 4.79 Å². The van der Waals surface area contributed by atoms with E-state index in [0.717, 1.165) is 0 Å². The van der Waals surface area contributed by atoms with E-state index in [2.05, 4.69) is 0 Å². The summed E-state index contributed by atoms with van der Waals surface area (Å²) in [6.45, 7) is 0.683. The predicted molar refractivity (Wildman–Crippen MR) is 49.1 cm³/mol. The Balaban J connectivity index is 2.31. The SMILES string of the molecule is O=C(O)[C@@H](O)CCN1CC(Cl)CC1=O. The van der Waals surface area contributed by atoms with Crippen molar-refractivity contribution >= 4 is 23.5 Å². The number of aliphatic carboxylic acids is 1. The summed E-state index contributed by atoms with van der Waals surface area (Å²) in [5.74, 6) is -1.35. The molecule has 1 aliphatic heterocycles. The molecular weight excluding hydrogens is 210 g/mol. The van der Waals surface area contributed by atoms with Gasteiger partial charge in [-0.05, 0) is 0 Å². The van der Waals surface area contributed by atoms with E-state index in [-0.39, 0.29) is 24.2 Å². The Morgan fingerprint density at radius 2 is 2.36 bits per heavy atom. The number of carbonyl (C=O) groups is 2. The number of halogens is 1. The molecule has 0 radical (unpaired) electrons. The maximum absolute atomic E-state index is 11.2. The lowest BCUT2D eigenvalue weighted by molar-refractivity contribution is -0.147. The summed E-state index contributed by atoms with van der Waals surface area (Å²) in [5.41, 5.74) is 0. The fourth-order valence-corrected chi connectivity index (χ4v) is 1.64. The summed E-state index contributed by atoms with van der Waals surface area (Å²) in [7, 11) is 0. The van der Waals surface area contributed by atoms with E-state index >= 15 is 0 Å². The van der Waals surface area contributed by atoms with Crippen molar-refractivity contribution < 1.29 is 19.8 Å². The molecule has 1 unspecified atom stereocenters. The third-order valence-corrected chi connectivity index (χ3v) is 2.42. The van der Waals surface area contributed by atoms with Gasteiger partial charge in [0.15, 0.2) is 6.10 Å². The summed E-state index contributed by atoms with van der Waals surface area (Å²) in [4.78, 5) is 22.9. The fraction of sp³-hybridized carbons (Fsp3) is 0.750. The molecule has 1 aliphatic rings. The largest absolute Gasteiger partial charge is 0.479 e. The molecular formula is C8H12ClNO4. The van der Waals surface area contributed by atoms with Crippen LogP contribution in [-0.4, -0.2) is 51.6 Å². The van der Waals surface area contributed by atoms with Crippen molar-refractivity contribution in [3.63, 3.8) is 0 Å². The number of hydrogen-bond acceptors (Lipinski definition) is 3. The van der Waals surface area contributed by atoms with E-state index in [1.54, 1.807) is 0 Å². The number of carbonyl (C=O) groups excluding carboxylic acids is 1. The van der Waals surface area contributed by atoms with Crippen molar-refractivity contribution in [3.8, 4) is 0 Å². The van der Waals surface area contributed by atoms with Crippen LogP contribution in [0.4, 0.5) is 0 Å². The van der Waals surface area contributed by atoms with Gasteiger partial charge in [-0.3, -0.25) is 4.79 Å². The van der Waals surface area contributed by atoms with E-state index in [1.165, 1.54) is 4.90 Å². The minimum atomic E-state index is -1.41. The fourth-order valence-electron chi connectivity index (χ4n) is 1.34. The summed E-state index contributed by atoms with van der Waals surface area (Å²) >= 11 is 5.74. The molecule has 0 bridgehead atoms. The maximum Gasteiger partial charge on any atom is 0.332 e. The lowest BCUT2D eigenvalue weighted by atomic mass is 10.2. The first-order chi connectivity index (χ1) is 6.50. The summed E-state index contributed by atoms with van der Waals surface area (Å²) in [6, 6.07) is 0. The average molecular weight is 222 g/mol. The van der Waals surface area contributed by atoms with Gasteiger partial charge in [0.1, 0.15) is 0 Å². The van der Waals surface area contributed by atoms with Gasteiger partial charge < -0.3 is 15.1 Å². The number of carboxylic acids is 1. The Labute approximate surface area is 86.3 Å². The Morgan fingerprint density at radius 1 is 1.71 bits per heavy atom. The van der Waals surface area contributed by atoms with Crippen molar-refractivity contribution in [3.05, 3.63) is 0 Å². The molecule has 14 heavy (non-hydrogen) atoms. The zero-order valence-electron chi connectivity index (χ0n) is 7.52. The number of likely N-dealkylation sites (tertiary alicyclic amines) is 1. The second-order valence-corrected chi connectivity index (χ2v) is 3.90. The van der Waals surface area contributed by atoms with Gasteiger partial charge in [-0.15, -0.1) is 11.6 Å². The molecule has 0 aromatic heterocycles. The monoisotopic (exact) mass is 221 g/mol. The first kappa shape index (κ1) is 11.3. The molecule has 0 aliphatic carbocycles. The predicted octanol–water partition coefficient (Wildman–Crippen LogP) is -0.338. The Hall–Kier alpha value is -0.810. The van der Waals surface area contributed by atoms with Gasteiger partial charge in [-0.1, -0.05) is 0 Å². The maximum atomic E-state index is 11.2. The highest BCUT2D eigenvalue weighted by Crippen LogP contribution is 2.16. The van der Waals surface area contributed by atoms with Gasteiger partial charge in [-0.2, -0.15) is 0 Å². The molecule has 80 valence electrons. The number of carboxylic acid groups (broad SMARTS) is 1. The van der Waals surface area contributed by atoms with E-state index in [4.69, 9.17) is 21.8 Å². The van der Waals surface area contributed by atoms with Gasteiger partial charge >= 0.3 is 5.97 Å². The molecule has 1 saturated heterocycles. The molecule has 0 aromatic rings. The summed E-state index contributed by atoms with van der Waals surface area (Å²) in [5, 5.41) is 17.2. The molecule has 5 nitrogen and oxygen atoms in total. The van der Waals surface area contributed by atoms with Gasteiger partial charge in [0, 0.05) is 25.9 Å². The first-order valence-corrected chi connectivity index (χ1v) is 4.77. The zero-order chi connectivity index (χ0) is 10.7. The van der Waals surface area contributed by atoms with Gasteiger partial charge in [0.05, 0.1) is 5.38 Å². The van der Waals surface area contributed by atoms with E-state index in [0.29, 0.717) is 13.0 Å². The second kappa shape index (κ2) is 4.61. The van der Waals surface area contributed by atoms with Gasteiger partial charge in [0.2, 0.25) is 5.91 Å². The smallest absolute Gasteiger partial charge is 0.332 e. The van der Waals surface area contributed by atoms with Crippen LogP contribution >= 0.6 is 11.6 Å². The number of alkyl halides is 1. The minimum absolute atomic E-state index is 0.0463. The Bertz CT molecular complexity index is 245. The minimum Gasteiger partial charge on any atom is -0.479 e. The quantitative estimate of drug-likeness (QED) is 0.637. The Kier molecular flexibility index (Phi) is 3.71. The number of aliphatic hydroxyl groups excluding tert-OH is 1. The summed E-state index contributed by atoms with van der Waals surface area (Å²) < 4.78 is 0. The van der Waals surface area contributed by atoms with Crippen LogP contribution in [0.3, 0.4) is 0 Å². The topological polar surface area (TPSA) is 77.8 Å². The molecule has 1 rings (SSSR count). The first-order valence-electron chi connectivity index (χ1n) is 4.33. The van der Waals surface area contributed by atoms with Crippen LogP contribution in [0.2, 0.25) is 0 Å². The van der Waals surface area contributed by atoms with Crippen molar-refractivity contribution in [2.75, 3.05) is 13.1 Å². The molecule has 6 heteroatoms. The van der Waals surface area contributed by atoms with Crippen molar-refractivity contribution in [2.45, 2.75) is 24.3 Å². The van der Waals surface area contributed by atoms with Crippen LogP contribution in [0.25, 0.3) is 0 Å². The lowest BCUT2D eigenvalue weighted by Gasteiger charge is -2.16. The van der Waals surface area contributed by atoms with Crippen LogP contribution in [0.15, 0.2) is 0 Å². The Morgan fingerprint density at radius 3 is 2.79 bits per heavy atom. The van der Waals surface area contributed by atoms with E-state index < -0.39 is 12.1 Å². The number of rotatable bonds is 4. The second-order valence-electron chi connectivity index (χ2n) is 3.28. The van der Waals surface area contributed by atoms with Crippen LogP contribution in [0, 0.1) is 0 Å². The number of aliphatic hydroxyl groups is 1. The average Bonchev–Trinajstić information content (AvgIpc) is 2.40. The zero-order valence-corrected chi connectivity index (χ0v) is 8.28. The molecule has 0 spiro atoms. The lowest BCUT2D eigenvalue weighted by Crippen LogP contribution is -2.31. The number of amides is 1.